The molecule has 0 saturated heterocycles. The zero-order valence-electron chi connectivity index (χ0n) is 10.4. The highest BCUT2D eigenvalue weighted by Gasteiger charge is 2.27. The average Bonchev–Trinajstić information content (AvgIpc) is 2.34. The molecule has 104 valence electrons. The number of amides is 1. The van der Waals surface area contributed by atoms with Gasteiger partial charge >= 0.3 is 5.69 Å². The number of halogens is 1. The van der Waals surface area contributed by atoms with Crippen molar-refractivity contribution in [3.05, 3.63) is 34.1 Å². The molecular weight excluding hydrogens is 257 g/mol. The Kier molecular flexibility index (Phi) is 4.76. The van der Waals surface area contributed by atoms with E-state index in [-0.39, 0.29) is 11.7 Å². The minimum absolute atomic E-state index is 0.300. The minimum atomic E-state index is -1.05. The van der Waals surface area contributed by atoms with Crippen molar-refractivity contribution in [1.29, 1.82) is 0 Å². The summed E-state index contributed by atoms with van der Waals surface area (Å²) < 4.78 is 18.3. The molecule has 0 aliphatic rings. The lowest BCUT2D eigenvalue weighted by Gasteiger charge is -2.20. The standard InChI is InChI=1S/C11H14FN3O4/c1-6(2)10(11(16)14-13)19-9-5-7(12)3-4-8(9)15(17)18/h3-6,10H,13H2,1-2H3,(H,14,16). The number of nitro groups is 1. The molecule has 7 nitrogen and oxygen atoms in total. The fourth-order valence-corrected chi connectivity index (χ4v) is 1.44. The van der Waals surface area contributed by atoms with Crippen LogP contribution in [0.15, 0.2) is 18.2 Å². The van der Waals surface area contributed by atoms with Crippen LogP contribution in [0.25, 0.3) is 0 Å². The Hall–Kier alpha value is -2.22. The molecule has 8 heteroatoms. The fourth-order valence-electron chi connectivity index (χ4n) is 1.44. The quantitative estimate of drug-likeness (QED) is 0.361. The molecule has 0 saturated carbocycles. The van der Waals surface area contributed by atoms with E-state index in [1.807, 2.05) is 5.43 Å². The molecule has 1 atom stereocenters. The summed E-state index contributed by atoms with van der Waals surface area (Å²) in [7, 11) is 0. The third kappa shape index (κ3) is 3.62. The van der Waals surface area contributed by atoms with Crippen LogP contribution in [-0.4, -0.2) is 16.9 Å². The van der Waals surface area contributed by atoms with Gasteiger partial charge in [-0.05, 0) is 12.0 Å². The lowest BCUT2D eigenvalue weighted by Crippen LogP contribution is -2.44. The van der Waals surface area contributed by atoms with Gasteiger partial charge in [0.25, 0.3) is 5.91 Å². The van der Waals surface area contributed by atoms with E-state index in [2.05, 4.69) is 0 Å². The van der Waals surface area contributed by atoms with Gasteiger partial charge in [0.2, 0.25) is 5.75 Å². The van der Waals surface area contributed by atoms with Crippen molar-refractivity contribution >= 4 is 11.6 Å². The van der Waals surface area contributed by atoms with Crippen molar-refractivity contribution in [3.8, 4) is 5.75 Å². The number of nitrogens with zero attached hydrogens (tertiary/aromatic N) is 1. The van der Waals surface area contributed by atoms with E-state index < -0.39 is 28.4 Å². The monoisotopic (exact) mass is 271 g/mol. The number of hydrazine groups is 1. The van der Waals surface area contributed by atoms with Crippen LogP contribution in [0, 0.1) is 21.8 Å². The van der Waals surface area contributed by atoms with Crippen LogP contribution in [-0.2, 0) is 4.79 Å². The minimum Gasteiger partial charge on any atom is -0.473 e. The average molecular weight is 271 g/mol. The number of carbonyl (C=O) groups is 1. The van der Waals surface area contributed by atoms with Crippen LogP contribution < -0.4 is 16.0 Å². The number of nitro benzene ring substituents is 1. The summed E-state index contributed by atoms with van der Waals surface area (Å²) in [4.78, 5) is 21.6. The SMILES string of the molecule is CC(C)C(Oc1cc(F)ccc1[N+](=O)[O-])C(=O)NN. The summed E-state index contributed by atoms with van der Waals surface area (Å²) >= 11 is 0. The Labute approximate surface area is 108 Å². The molecule has 0 heterocycles. The number of nitrogens with two attached hydrogens (primary N) is 1. The van der Waals surface area contributed by atoms with Gasteiger partial charge in [-0.3, -0.25) is 20.3 Å². The Balaban J connectivity index is 3.11. The van der Waals surface area contributed by atoms with Gasteiger partial charge in [-0.15, -0.1) is 0 Å². The van der Waals surface area contributed by atoms with Crippen molar-refractivity contribution in [2.75, 3.05) is 0 Å². The number of carbonyl (C=O) groups excluding carboxylic acids is 1. The number of nitrogens with one attached hydrogen (secondary N) is 1. The molecule has 0 bridgehead atoms. The number of hydrogen-bond donors (Lipinski definition) is 2. The first kappa shape index (κ1) is 14.8. The summed E-state index contributed by atoms with van der Waals surface area (Å²) in [6, 6.07) is 2.78. The highest BCUT2D eigenvalue weighted by Crippen LogP contribution is 2.29. The van der Waals surface area contributed by atoms with Gasteiger partial charge in [0.15, 0.2) is 6.10 Å². The molecule has 0 aliphatic carbocycles. The maximum absolute atomic E-state index is 13.1. The molecule has 0 spiro atoms. The first-order valence-corrected chi connectivity index (χ1v) is 5.48. The van der Waals surface area contributed by atoms with Gasteiger partial charge in [0.05, 0.1) is 4.92 Å². The van der Waals surface area contributed by atoms with E-state index in [0.717, 1.165) is 18.2 Å². The smallest absolute Gasteiger partial charge is 0.311 e. The number of ether oxygens (including phenoxy) is 1. The molecule has 0 radical (unpaired) electrons. The van der Waals surface area contributed by atoms with Crippen molar-refractivity contribution in [3.63, 3.8) is 0 Å². The molecule has 0 aliphatic heterocycles. The second kappa shape index (κ2) is 6.10. The van der Waals surface area contributed by atoms with Crippen LogP contribution in [0.5, 0.6) is 5.75 Å². The Morgan fingerprint density at radius 1 is 1.53 bits per heavy atom. The van der Waals surface area contributed by atoms with Gasteiger partial charge in [0, 0.05) is 12.1 Å². The summed E-state index contributed by atoms with van der Waals surface area (Å²) in [6.07, 6.45) is -1.05. The number of hydrogen-bond acceptors (Lipinski definition) is 5. The van der Waals surface area contributed by atoms with Crippen LogP contribution >= 0.6 is 0 Å². The van der Waals surface area contributed by atoms with Crippen molar-refractivity contribution < 1.29 is 18.8 Å². The summed E-state index contributed by atoms with van der Waals surface area (Å²) in [5, 5.41) is 10.8. The maximum atomic E-state index is 13.1. The molecule has 1 amide bonds. The topological polar surface area (TPSA) is 107 Å². The fraction of sp³-hybridized carbons (Fsp3) is 0.364. The van der Waals surface area contributed by atoms with Gasteiger partial charge in [-0.2, -0.15) is 0 Å². The zero-order valence-corrected chi connectivity index (χ0v) is 10.4. The molecule has 1 aromatic rings. The highest BCUT2D eigenvalue weighted by molar-refractivity contribution is 5.80. The van der Waals surface area contributed by atoms with Gasteiger partial charge in [-0.25, -0.2) is 10.2 Å². The lowest BCUT2D eigenvalue weighted by molar-refractivity contribution is -0.386. The van der Waals surface area contributed by atoms with E-state index in [9.17, 15) is 19.3 Å². The highest BCUT2D eigenvalue weighted by atomic mass is 19.1. The van der Waals surface area contributed by atoms with Crippen LogP contribution in [0.2, 0.25) is 0 Å². The molecule has 3 N–H and O–H groups in total. The third-order valence-corrected chi connectivity index (χ3v) is 2.38. The molecule has 0 fully saturated rings. The van der Waals surface area contributed by atoms with Gasteiger partial charge in [0.1, 0.15) is 5.82 Å². The van der Waals surface area contributed by atoms with Crippen molar-refractivity contribution in [2.24, 2.45) is 11.8 Å². The number of benzene rings is 1. The second-order valence-electron chi connectivity index (χ2n) is 4.16. The molecule has 19 heavy (non-hydrogen) atoms. The van der Waals surface area contributed by atoms with Crippen LogP contribution in [0.4, 0.5) is 10.1 Å². The van der Waals surface area contributed by atoms with E-state index >= 15 is 0 Å². The third-order valence-electron chi connectivity index (χ3n) is 2.38. The maximum Gasteiger partial charge on any atom is 0.311 e. The molecule has 1 rings (SSSR count). The largest absolute Gasteiger partial charge is 0.473 e. The first-order chi connectivity index (χ1) is 8.86. The number of rotatable bonds is 5. The summed E-state index contributed by atoms with van der Waals surface area (Å²) in [5.41, 5.74) is 1.48. The van der Waals surface area contributed by atoms with E-state index in [4.69, 9.17) is 10.6 Å². The summed E-state index contributed by atoms with van der Waals surface area (Å²) in [6.45, 7) is 3.34. The van der Waals surface area contributed by atoms with Crippen molar-refractivity contribution in [2.45, 2.75) is 20.0 Å². The van der Waals surface area contributed by atoms with E-state index in [0.29, 0.717) is 0 Å². The van der Waals surface area contributed by atoms with E-state index in [1.54, 1.807) is 13.8 Å². The zero-order chi connectivity index (χ0) is 14.6. The molecule has 1 aromatic carbocycles. The Morgan fingerprint density at radius 3 is 2.63 bits per heavy atom. The van der Waals surface area contributed by atoms with Crippen LogP contribution in [0.1, 0.15) is 13.8 Å². The lowest BCUT2D eigenvalue weighted by atomic mass is 10.1. The summed E-state index contributed by atoms with van der Waals surface area (Å²) in [5.74, 6) is 3.05. The predicted octanol–water partition coefficient (Wildman–Crippen LogP) is 1.13. The van der Waals surface area contributed by atoms with Crippen LogP contribution in [0.3, 0.4) is 0 Å². The molecule has 0 aromatic heterocycles. The first-order valence-electron chi connectivity index (χ1n) is 5.48. The second-order valence-corrected chi connectivity index (χ2v) is 4.16. The Morgan fingerprint density at radius 2 is 2.16 bits per heavy atom. The predicted molar refractivity (Wildman–Crippen MR) is 64.6 cm³/mol. The molecular formula is C11H14FN3O4. The van der Waals surface area contributed by atoms with E-state index in [1.165, 1.54) is 0 Å². The van der Waals surface area contributed by atoms with Crippen molar-refractivity contribution in [1.82, 2.24) is 5.43 Å². The molecule has 1 unspecified atom stereocenters. The Bertz CT molecular complexity index is 493. The van der Waals surface area contributed by atoms with Gasteiger partial charge < -0.3 is 4.74 Å². The van der Waals surface area contributed by atoms with Gasteiger partial charge in [-0.1, -0.05) is 13.8 Å². The normalized spacial score (nSPS) is 12.1.